The number of benzene rings is 1. The molecule has 5 nitrogen and oxygen atoms in total. The van der Waals surface area contributed by atoms with Gasteiger partial charge in [-0.05, 0) is 56.6 Å². The first-order chi connectivity index (χ1) is 14.1. The van der Waals surface area contributed by atoms with Gasteiger partial charge in [0.15, 0.2) is 0 Å². The van der Waals surface area contributed by atoms with Gasteiger partial charge >= 0.3 is 0 Å². The standard InChI is InChI=1S/C23H27ClN4O/c1-26(14-18-5-3-2-4-6-18)15-19-9-11-27(12-10-19)17-21-13-23(29)28-16-20(24)7-8-22(28)25-21/h2-8,13,16,19H,9-12,14-15,17H2,1H3. The van der Waals surface area contributed by atoms with Crippen molar-refractivity contribution >= 4 is 17.2 Å². The van der Waals surface area contributed by atoms with Crippen molar-refractivity contribution in [3.63, 3.8) is 0 Å². The van der Waals surface area contributed by atoms with E-state index in [1.54, 1.807) is 24.4 Å². The van der Waals surface area contributed by atoms with Crippen molar-refractivity contribution in [3.05, 3.63) is 81.4 Å². The molecule has 1 aromatic carbocycles. The lowest BCUT2D eigenvalue weighted by Gasteiger charge is -2.33. The quantitative estimate of drug-likeness (QED) is 0.621. The van der Waals surface area contributed by atoms with Gasteiger partial charge in [-0.1, -0.05) is 41.9 Å². The molecule has 0 radical (unpaired) electrons. The predicted octanol–water partition coefficient (Wildman–Crippen LogP) is 3.69. The Kier molecular flexibility index (Phi) is 6.28. The maximum atomic E-state index is 12.4. The van der Waals surface area contributed by atoms with E-state index in [1.165, 1.54) is 22.8 Å². The number of pyridine rings is 1. The lowest BCUT2D eigenvalue weighted by atomic mass is 9.96. The molecule has 1 saturated heterocycles. The number of fused-ring (bicyclic) bond motifs is 1. The van der Waals surface area contributed by atoms with Crippen LogP contribution in [-0.4, -0.2) is 45.9 Å². The van der Waals surface area contributed by atoms with Crippen molar-refractivity contribution in [2.24, 2.45) is 5.92 Å². The van der Waals surface area contributed by atoms with E-state index in [0.29, 0.717) is 10.7 Å². The highest BCUT2D eigenvalue weighted by Gasteiger charge is 2.21. The van der Waals surface area contributed by atoms with Crippen molar-refractivity contribution in [1.82, 2.24) is 19.2 Å². The lowest BCUT2D eigenvalue weighted by Crippen LogP contribution is -2.37. The third kappa shape index (κ3) is 5.24. The second-order valence-corrected chi connectivity index (χ2v) is 8.50. The SMILES string of the molecule is CN(Cc1ccccc1)CC1CCN(Cc2cc(=O)n3cc(Cl)ccc3n2)CC1. The lowest BCUT2D eigenvalue weighted by molar-refractivity contribution is 0.146. The third-order valence-electron chi connectivity index (χ3n) is 5.63. The molecule has 0 N–H and O–H groups in total. The largest absolute Gasteiger partial charge is 0.302 e. The number of halogens is 1. The molecule has 0 aliphatic carbocycles. The van der Waals surface area contributed by atoms with E-state index in [9.17, 15) is 4.79 Å². The normalized spacial score (nSPS) is 16.0. The van der Waals surface area contributed by atoms with Crippen LogP contribution in [0.1, 0.15) is 24.1 Å². The fraction of sp³-hybridized carbons (Fsp3) is 0.391. The average Bonchev–Trinajstić information content (AvgIpc) is 2.71. The van der Waals surface area contributed by atoms with Crippen molar-refractivity contribution < 1.29 is 0 Å². The van der Waals surface area contributed by atoms with Crippen LogP contribution in [0.3, 0.4) is 0 Å². The predicted molar refractivity (Wildman–Crippen MR) is 117 cm³/mol. The zero-order valence-electron chi connectivity index (χ0n) is 16.8. The van der Waals surface area contributed by atoms with Gasteiger partial charge < -0.3 is 4.90 Å². The molecule has 1 fully saturated rings. The molecule has 0 saturated carbocycles. The smallest absolute Gasteiger partial charge is 0.258 e. The average molecular weight is 411 g/mol. The molecule has 3 aromatic rings. The minimum atomic E-state index is -0.0788. The van der Waals surface area contributed by atoms with Crippen LogP contribution in [0, 0.1) is 5.92 Å². The first-order valence-electron chi connectivity index (χ1n) is 10.2. The Hall–Kier alpha value is -2.21. The Labute approximate surface area is 176 Å². The molecular weight excluding hydrogens is 384 g/mol. The zero-order chi connectivity index (χ0) is 20.2. The summed E-state index contributed by atoms with van der Waals surface area (Å²) >= 11 is 5.98. The number of nitrogens with zero attached hydrogens (tertiary/aromatic N) is 4. The van der Waals surface area contributed by atoms with E-state index in [-0.39, 0.29) is 5.56 Å². The molecule has 0 unspecified atom stereocenters. The molecule has 152 valence electrons. The number of likely N-dealkylation sites (tertiary alicyclic amines) is 1. The van der Waals surface area contributed by atoms with Crippen LogP contribution in [0.15, 0.2) is 59.5 Å². The number of hydrogen-bond acceptors (Lipinski definition) is 4. The fourth-order valence-electron chi connectivity index (χ4n) is 4.16. The van der Waals surface area contributed by atoms with Crippen LogP contribution in [-0.2, 0) is 13.1 Å². The van der Waals surface area contributed by atoms with Crippen molar-refractivity contribution in [2.45, 2.75) is 25.9 Å². The van der Waals surface area contributed by atoms with Crippen molar-refractivity contribution in [3.8, 4) is 0 Å². The van der Waals surface area contributed by atoms with Crippen LogP contribution in [0.4, 0.5) is 0 Å². The van der Waals surface area contributed by atoms with E-state index in [2.05, 4.69) is 52.2 Å². The maximum absolute atomic E-state index is 12.4. The number of aromatic nitrogens is 2. The molecule has 1 aliphatic heterocycles. The van der Waals surface area contributed by atoms with E-state index >= 15 is 0 Å². The van der Waals surface area contributed by atoms with Crippen LogP contribution in [0.5, 0.6) is 0 Å². The van der Waals surface area contributed by atoms with Crippen molar-refractivity contribution in [2.75, 3.05) is 26.7 Å². The first-order valence-corrected chi connectivity index (χ1v) is 10.6. The molecule has 6 heteroatoms. The highest BCUT2D eigenvalue weighted by Crippen LogP contribution is 2.20. The van der Waals surface area contributed by atoms with Crippen LogP contribution < -0.4 is 5.56 Å². The molecule has 29 heavy (non-hydrogen) atoms. The molecule has 1 aliphatic rings. The summed E-state index contributed by atoms with van der Waals surface area (Å²) in [6.07, 6.45) is 3.98. The summed E-state index contributed by atoms with van der Waals surface area (Å²) in [5.74, 6) is 0.720. The Morgan fingerprint density at radius 2 is 1.90 bits per heavy atom. The Morgan fingerprint density at radius 1 is 1.14 bits per heavy atom. The third-order valence-corrected chi connectivity index (χ3v) is 5.86. The van der Waals surface area contributed by atoms with E-state index in [0.717, 1.165) is 44.3 Å². The molecule has 0 amide bonds. The minimum Gasteiger partial charge on any atom is -0.302 e. The zero-order valence-corrected chi connectivity index (χ0v) is 17.6. The van der Waals surface area contributed by atoms with Crippen molar-refractivity contribution in [1.29, 1.82) is 0 Å². The van der Waals surface area contributed by atoms with E-state index in [4.69, 9.17) is 11.6 Å². The highest BCUT2D eigenvalue weighted by molar-refractivity contribution is 6.30. The molecule has 3 heterocycles. The molecule has 0 atom stereocenters. The Bertz CT molecular complexity index is 1010. The van der Waals surface area contributed by atoms with Gasteiger partial charge in [0.25, 0.3) is 5.56 Å². The highest BCUT2D eigenvalue weighted by atomic mass is 35.5. The van der Waals surface area contributed by atoms with Gasteiger partial charge in [0, 0.05) is 31.9 Å². The number of rotatable bonds is 6. The fourth-order valence-corrected chi connectivity index (χ4v) is 4.32. The summed E-state index contributed by atoms with van der Waals surface area (Å²) < 4.78 is 1.50. The van der Waals surface area contributed by atoms with Gasteiger partial charge in [0.05, 0.1) is 10.7 Å². The van der Waals surface area contributed by atoms with Gasteiger partial charge in [0.1, 0.15) is 5.65 Å². The van der Waals surface area contributed by atoms with E-state index < -0.39 is 0 Å². The van der Waals surface area contributed by atoms with Gasteiger partial charge in [-0.3, -0.25) is 14.1 Å². The Morgan fingerprint density at radius 3 is 2.66 bits per heavy atom. The van der Waals surface area contributed by atoms with E-state index in [1.807, 2.05) is 0 Å². The minimum absolute atomic E-state index is 0.0788. The Balaban J connectivity index is 1.30. The number of piperidine rings is 1. The van der Waals surface area contributed by atoms with Gasteiger partial charge in [-0.15, -0.1) is 0 Å². The van der Waals surface area contributed by atoms with Gasteiger partial charge in [-0.25, -0.2) is 4.98 Å². The van der Waals surface area contributed by atoms with Crippen LogP contribution in [0.25, 0.3) is 5.65 Å². The molecular formula is C23H27ClN4O. The summed E-state index contributed by atoms with van der Waals surface area (Å²) in [7, 11) is 2.21. The van der Waals surface area contributed by atoms with Gasteiger partial charge in [-0.2, -0.15) is 0 Å². The van der Waals surface area contributed by atoms with Crippen LogP contribution in [0.2, 0.25) is 5.02 Å². The summed E-state index contributed by atoms with van der Waals surface area (Å²) in [4.78, 5) is 21.8. The molecule has 2 aromatic heterocycles. The first kappa shape index (κ1) is 20.1. The second-order valence-electron chi connectivity index (χ2n) is 8.06. The maximum Gasteiger partial charge on any atom is 0.258 e. The second kappa shape index (κ2) is 9.08. The summed E-state index contributed by atoms with van der Waals surface area (Å²) in [6, 6.07) is 15.8. The number of hydrogen-bond donors (Lipinski definition) is 0. The van der Waals surface area contributed by atoms with Crippen LogP contribution >= 0.6 is 11.6 Å². The van der Waals surface area contributed by atoms with Gasteiger partial charge in [0.2, 0.25) is 0 Å². The molecule has 0 bridgehead atoms. The molecule has 0 spiro atoms. The monoisotopic (exact) mass is 410 g/mol. The summed E-state index contributed by atoms with van der Waals surface area (Å²) in [5.41, 5.74) is 2.76. The molecule has 4 rings (SSSR count). The topological polar surface area (TPSA) is 40.9 Å². The summed E-state index contributed by atoms with van der Waals surface area (Å²) in [5, 5.41) is 0.536. The summed E-state index contributed by atoms with van der Waals surface area (Å²) in [6.45, 7) is 4.94.